The van der Waals surface area contributed by atoms with Crippen LogP contribution >= 0.6 is 29.5 Å². The summed E-state index contributed by atoms with van der Waals surface area (Å²) < 4.78 is 0. The minimum absolute atomic E-state index is 0.840. The van der Waals surface area contributed by atoms with E-state index in [1.807, 2.05) is 30.3 Å². The van der Waals surface area contributed by atoms with Crippen molar-refractivity contribution in [2.45, 2.75) is 0 Å². The summed E-state index contributed by atoms with van der Waals surface area (Å²) in [5, 5.41) is 8.41. The summed E-state index contributed by atoms with van der Waals surface area (Å²) in [5.74, 6) is 0. The van der Waals surface area contributed by atoms with E-state index in [9.17, 15) is 0 Å². The van der Waals surface area contributed by atoms with E-state index in [-0.39, 0.29) is 0 Å². The summed E-state index contributed by atoms with van der Waals surface area (Å²) in [6, 6.07) is 9.33. The van der Waals surface area contributed by atoms with Crippen molar-refractivity contribution in [3.8, 4) is 0 Å². The maximum absolute atomic E-state index is 8.41. The van der Waals surface area contributed by atoms with Gasteiger partial charge in [0.25, 0.3) is 0 Å². The van der Waals surface area contributed by atoms with Crippen LogP contribution in [0.5, 0.6) is 0 Å². The van der Waals surface area contributed by atoms with Crippen LogP contribution in [0.4, 0.5) is 0 Å². The van der Waals surface area contributed by atoms with Crippen LogP contribution in [0.15, 0.2) is 30.3 Å². The molecule has 0 aromatic heterocycles. The number of hydrogen-bond donors (Lipinski definition) is 0. The molecule has 0 bridgehead atoms. The molecule has 0 heterocycles. The van der Waals surface area contributed by atoms with Crippen LogP contribution in [-0.2, 0) is 12.3 Å². The minimum Gasteiger partial charge on any atom is -0.810 e. The Morgan fingerprint density at radius 1 is 1.08 bits per heavy atom. The number of halogens is 3. The summed E-state index contributed by atoms with van der Waals surface area (Å²) in [6.07, 6.45) is 1.08. The van der Waals surface area contributed by atoms with Crippen molar-refractivity contribution in [3.05, 3.63) is 41.3 Å². The van der Waals surface area contributed by atoms with Crippen LogP contribution in [0.2, 0.25) is 0 Å². The van der Waals surface area contributed by atoms with Gasteiger partial charge >= 0.3 is 41.8 Å². The molecule has 0 unspecified atom stereocenters. The number of benzene rings is 1. The predicted octanol–water partition coefficient (Wildman–Crippen LogP) is 3.74. The van der Waals surface area contributed by atoms with E-state index >= 15 is 0 Å². The molecule has 0 atom stereocenters. The molecule has 0 spiro atoms. The van der Waals surface area contributed by atoms with E-state index in [0.717, 1.165) is 11.8 Å². The Hall–Kier alpha value is 0.344. The molecule has 1 rings (SSSR count). The zero-order valence-electron chi connectivity index (χ0n) is 5.99. The molecule has 0 aliphatic heterocycles. The van der Waals surface area contributed by atoms with E-state index in [4.69, 9.17) is 35.0 Å². The van der Waals surface area contributed by atoms with Gasteiger partial charge in [0, 0.05) is 0 Å². The molecular formula is C7H6Cl3NV-. The number of hydrogen-bond acceptors (Lipinski definition) is 0. The molecule has 1 aromatic carbocycles. The summed E-state index contributed by atoms with van der Waals surface area (Å²) in [5.41, 5.74) is 0.840. The average Bonchev–Trinajstić information content (AvgIpc) is 2.05. The largest absolute Gasteiger partial charge is 0.810 e. The molecule has 0 N–H and O–H groups in total. The van der Waals surface area contributed by atoms with E-state index in [0.29, 0.717) is 0 Å². The first-order valence-electron chi connectivity index (χ1n) is 2.96. The van der Waals surface area contributed by atoms with E-state index in [1.54, 1.807) is 0 Å². The molecule has 0 amide bonds. The first kappa shape index (κ1) is 12.3. The van der Waals surface area contributed by atoms with Crippen LogP contribution in [0, 0.1) is 0 Å². The van der Waals surface area contributed by atoms with Gasteiger partial charge in [0.2, 0.25) is 0 Å². The summed E-state index contributed by atoms with van der Waals surface area (Å²) in [7, 11) is 14.9. The molecule has 0 aliphatic rings. The van der Waals surface area contributed by atoms with Crippen molar-refractivity contribution in [2.24, 2.45) is 0 Å². The van der Waals surface area contributed by atoms with Gasteiger partial charge in [-0.3, -0.25) is 0 Å². The monoisotopic (exact) mass is 260 g/mol. The Bertz CT molecular complexity index is 212. The molecule has 0 saturated carbocycles. The quantitative estimate of drug-likeness (QED) is 0.687. The number of nitrogens with zero attached hydrogens (tertiary/aromatic N) is 1. The first-order chi connectivity index (χ1) is 5.66. The van der Waals surface area contributed by atoms with Gasteiger partial charge < -0.3 is 5.41 Å². The molecule has 1 aromatic rings. The summed E-state index contributed by atoms with van der Waals surface area (Å²) in [4.78, 5) is 0. The SMILES string of the molecule is [Cl][V]([Cl])[Cl].[N-]=Cc1ccccc1. The predicted molar refractivity (Wildman–Crippen MR) is 52.5 cm³/mol. The maximum Gasteiger partial charge on any atom is -0.0491 e. The summed E-state index contributed by atoms with van der Waals surface area (Å²) in [6.45, 7) is 0. The van der Waals surface area contributed by atoms with Gasteiger partial charge in [-0.1, -0.05) is 30.3 Å². The topological polar surface area (TPSA) is 22.3 Å². The molecule has 1 nitrogen and oxygen atoms in total. The molecule has 0 fully saturated rings. The fourth-order valence-corrected chi connectivity index (χ4v) is 0.539. The molecule has 66 valence electrons. The fourth-order valence-electron chi connectivity index (χ4n) is 0.539. The zero-order chi connectivity index (χ0) is 9.40. The normalized spacial score (nSPS) is 8.67. The second kappa shape index (κ2) is 7.97. The van der Waals surface area contributed by atoms with Crippen molar-refractivity contribution in [2.75, 3.05) is 0 Å². The van der Waals surface area contributed by atoms with Gasteiger partial charge in [0.05, 0.1) is 0 Å². The van der Waals surface area contributed by atoms with E-state index in [2.05, 4.69) is 0 Å². The van der Waals surface area contributed by atoms with E-state index in [1.165, 1.54) is 0 Å². The molecule has 0 saturated heterocycles. The van der Waals surface area contributed by atoms with Gasteiger partial charge in [-0.2, -0.15) is 6.21 Å². The fraction of sp³-hybridized carbons (Fsp3) is 0. The molecule has 0 aliphatic carbocycles. The third-order valence-corrected chi connectivity index (χ3v) is 0.949. The van der Waals surface area contributed by atoms with Gasteiger partial charge in [-0.25, -0.2) is 0 Å². The molecule has 0 radical (unpaired) electrons. The Kier molecular flexibility index (Phi) is 8.19. The second-order valence-corrected chi connectivity index (χ2v) is 8.65. The smallest absolute Gasteiger partial charge is 0.0491 e. The Balaban J connectivity index is 0.000000261. The van der Waals surface area contributed by atoms with Crippen molar-refractivity contribution >= 4 is 35.8 Å². The maximum atomic E-state index is 8.41. The Labute approximate surface area is 89.0 Å². The summed E-state index contributed by atoms with van der Waals surface area (Å²) >= 11 is -1.77. The van der Waals surface area contributed by atoms with Crippen LogP contribution in [0.3, 0.4) is 0 Å². The third kappa shape index (κ3) is 8.44. The molecule has 5 heteroatoms. The van der Waals surface area contributed by atoms with Crippen LogP contribution in [0.25, 0.3) is 5.41 Å². The second-order valence-electron chi connectivity index (χ2n) is 1.73. The molecular weight excluding hydrogens is 255 g/mol. The standard InChI is InChI=1S/C7H6N.3ClH.V/c8-6-7-4-2-1-3-5-7;;;;/h1-6H;3*1H;/q-1;;;;+3/p-3. The number of rotatable bonds is 1. The van der Waals surface area contributed by atoms with Crippen LogP contribution < -0.4 is 0 Å². The first-order valence-corrected chi connectivity index (χ1v) is 8.73. The van der Waals surface area contributed by atoms with Gasteiger partial charge in [0.15, 0.2) is 0 Å². The van der Waals surface area contributed by atoms with Gasteiger partial charge in [-0.05, 0) is 5.56 Å². The van der Waals surface area contributed by atoms with Crippen LogP contribution in [-0.4, -0.2) is 6.21 Å². The van der Waals surface area contributed by atoms with Crippen LogP contribution in [0.1, 0.15) is 5.56 Å². The zero-order valence-corrected chi connectivity index (χ0v) is 9.66. The van der Waals surface area contributed by atoms with Crippen molar-refractivity contribution in [1.29, 1.82) is 0 Å². The third-order valence-electron chi connectivity index (χ3n) is 0.949. The van der Waals surface area contributed by atoms with Crippen molar-refractivity contribution in [1.82, 2.24) is 0 Å². The molecule has 12 heavy (non-hydrogen) atoms. The Morgan fingerprint density at radius 3 is 1.75 bits per heavy atom. The van der Waals surface area contributed by atoms with Gasteiger partial charge in [0.1, 0.15) is 0 Å². The van der Waals surface area contributed by atoms with E-state index < -0.39 is 12.3 Å². The Morgan fingerprint density at radius 2 is 1.50 bits per heavy atom. The van der Waals surface area contributed by atoms with Crippen molar-refractivity contribution in [3.63, 3.8) is 0 Å². The van der Waals surface area contributed by atoms with Gasteiger partial charge in [-0.15, -0.1) is 0 Å². The minimum atomic E-state index is -1.77. The van der Waals surface area contributed by atoms with Crippen molar-refractivity contribution < 1.29 is 12.3 Å². The average molecular weight is 261 g/mol.